The number of halogens is 3. The van der Waals surface area contributed by atoms with Crippen molar-refractivity contribution in [3.05, 3.63) is 49.9 Å². The van der Waals surface area contributed by atoms with Crippen molar-refractivity contribution in [3.63, 3.8) is 0 Å². The summed E-state index contributed by atoms with van der Waals surface area (Å²) < 4.78 is 20.5. The Bertz CT molecular complexity index is 609. The molecular formula is C13H11BrFIN2O. The second-order valence-electron chi connectivity index (χ2n) is 3.96. The van der Waals surface area contributed by atoms with Crippen LogP contribution in [0.15, 0.2) is 34.9 Å². The van der Waals surface area contributed by atoms with Crippen molar-refractivity contribution in [2.45, 2.75) is 13.0 Å². The third kappa shape index (κ3) is 3.56. The normalized spacial score (nSPS) is 12.2. The summed E-state index contributed by atoms with van der Waals surface area (Å²) in [5.41, 5.74) is 6.66. The number of anilines is 1. The molecule has 1 atom stereocenters. The summed E-state index contributed by atoms with van der Waals surface area (Å²) in [4.78, 5) is 4.01. The molecule has 3 nitrogen and oxygen atoms in total. The van der Waals surface area contributed by atoms with Gasteiger partial charge in [-0.15, -0.1) is 0 Å². The number of pyridine rings is 1. The zero-order valence-corrected chi connectivity index (χ0v) is 13.8. The molecule has 0 spiro atoms. The minimum atomic E-state index is -0.260. The Morgan fingerprint density at radius 3 is 2.84 bits per heavy atom. The van der Waals surface area contributed by atoms with E-state index >= 15 is 0 Å². The van der Waals surface area contributed by atoms with E-state index in [2.05, 4.69) is 43.5 Å². The van der Waals surface area contributed by atoms with Gasteiger partial charge in [-0.2, -0.15) is 0 Å². The van der Waals surface area contributed by atoms with E-state index in [9.17, 15) is 4.39 Å². The van der Waals surface area contributed by atoms with Crippen molar-refractivity contribution in [2.75, 3.05) is 5.73 Å². The SMILES string of the molecule is C[C@@H](Oc1cc(Br)cnc1N)c1ccc(F)cc1I. The first-order valence-corrected chi connectivity index (χ1v) is 7.37. The fraction of sp³-hybridized carbons (Fsp3) is 0.154. The number of nitrogens with zero attached hydrogens (tertiary/aromatic N) is 1. The van der Waals surface area contributed by atoms with Crippen LogP contribution in [-0.2, 0) is 0 Å². The summed E-state index contributed by atoms with van der Waals surface area (Å²) in [5, 5.41) is 0. The summed E-state index contributed by atoms with van der Waals surface area (Å²) >= 11 is 5.40. The highest BCUT2D eigenvalue weighted by molar-refractivity contribution is 14.1. The number of nitrogens with two attached hydrogens (primary N) is 1. The molecule has 1 aromatic carbocycles. The van der Waals surface area contributed by atoms with Gasteiger partial charge in [0.25, 0.3) is 0 Å². The van der Waals surface area contributed by atoms with Gasteiger partial charge >= 0.3 is 0 Å². The molecule has 0 bridgehead atoms. The number of benzene rings is 1. The van der Waals surface area contributed by atoms with E-state index in [1.165, 1.54) is 12.1 Å². The number of rotatable bonds is 3. The molecule has 0 aliphatic carbocycles. The maximum absolute atomic E-state index is 13.1. The monoisotopic (exact) mass is 436 g/mol. The minimum absolute atomic E-state index is 0.245. The molecule has 6 heteroatoms. The molecule has 0 amide bonds. The van der Waals surface area contributed by atoms with Crippen LogP contribution in [0.25, 0.3) is 0 Å². The summed E-state index contributed by atoms with van der Waals surface area (Å²) in [6, 6.07) is 6.36. The second-order valence-corrected chi connectivity index (χ2v) is 6.04. The van der Waals surface area contributed by atoms with Crippen molar-refractivity contribution < 1.29 is 9.13 Å². The molecule has 0 aliphatic heterocycles. The van der Waals surface area contributed by atoms with Gasteiger partial charge < -0.3 is 10.5 Å². The van der Waals surface area contributed by atoms with E-state index in [1.54, 1.807) is 18.3 Å². The number of hydrogen-bond acceptors (Lipinski definition) is 3. The number of nitrogen functional groups attached to an aromatic ring is 1. The molecule has 0 aliphatic rings. The maximum atomic E-state index is 13.1. The van der Waals surface area contributed by atoms with E-state index in [1.807, 2.05) is 6.92 Å². The number of ether oxygens (including phenoxy) is 1. The summed E-state index contributed by atoms with van der Waals surface area (Å²) in [7, 11) is 0. The zero-order chi connectivity index (χ0) is 14.0. The highest BCUT2D eigenvalue weighted by Crippen LogP contribution is 2.30. The van der Waals surface area contributed by atoms with Crippen molar-refractivity contribution in [1.29, 1.82) is 0 Å². The van der Waals surface area contributed by atoms with Gasteiger partial charge in [0.05, 0.1) is 0 Å². The molecule has 2 rings (SSSR count). The largest absolute Gasteiger partial charge is 0.482 e. The average Bonchev–Trinajstić information content (AvgIpc) is 2.33. The van der Waals surface area contributed by atoms with Crippen molar-refractivity contribution >= 4 is 44.3 Å². The van der Waals surface area contributed by atoms with Gasteiger partial charge in [0.2, 0.25) is 0 Å². The van der Waals surface area contributed by atoms with E-state index < -0.39 is 0 Å². The lowest BCUT2D eigenvalue weighted by atomic mass is 10.1. The van der Waals surface area contributed by atoms with Crippen LogP contribution < -0.4 is 10.5 Å². The summed E-state index contributed by atoms with van der Waals surface area (Å²) in [6.07, 6.45) is 1.36. The van der Waals surface area contributed by atoms with E-state index in [-0.39, 0.29) is 11.9 Å². The lowest BCUT2D eigenvalue weighted by Crippen LogP contribution is -2.07. The average molecular weight is 437 g/mol. The van der Waals surface area contributed by atoms with Gasteiger partial charge in [-0.05, 0) is 63.6 Å². The highest BCUT2D eigenvalue weighted by atomic mass is 127. The molecule has 2 N–H and O–H groups in total. The van der Waals surface area contributed by atoms with E-state index in [0.29, 0.717) is 11.6 Å². The van der Waals surface area contributed by atoms with Gasteiger partial charge in [-0.1, -0.05) is 6.07 Å². The predicted molar refractivity (Wildman–Crippen MR) is 84.5 cm³/mol. The third-order valence-electron chi connectivity index (χ3n) is 2.55. The summed E-state index contributed by atoms with van der Waals surface area (Å²) in [6.45, 7) is 1.88. The van der Waals surface area contributed by atoms with E-state index in [0.717, 1.165) is 13.6 Å². The molecule has 0 saturated carbocycles. The molecule has 0 fully saturated rings. The topological polar surface area (TPSA) is 48.1 Å². The van der Waals surface area contributed by atoms with Crippen LogP contribution in [-0.4, -0.2) is 4.98 Å². The maximum Gasteiger partial charge on any atom is 0.166 e. The quantitative estimate of drug-likeness (QED) is 0.729. The molecule has 0 radical (unpaired) electrons. The first kappa shape index (κ1) is 14.5. The molecule has 100 valence electrons. The molecule has 1 aromatic heterocycles. The Balaban J connectivity index is 2.25. The first-order valence-electron chi connectivity index (χ1n) is 5.50. The van der Waals surface area contributed by atoms with E-state index in [4.69, 9.17) is 10.5 Å². The molecule has 2 aromatic rings. The van der Waals surface area contributed by atoms with Crippen molar-refractivity contribution in [1.82, 2.24) is 4.98 Å². The van der Waals surface area contributed by atoms with Crippen molar-refractivity contribution in [2.24, 2.45) is 0 Å². The Hall–Kier alpha value is -0.890. The Morgan fingerprint density at radius 1 is 1.42 bits per heavy atom. The lowest BCUT2D eigenvalue weighted by Gasteiger charge is -2.17. The molecular weight excluding hydrogens is 426 g/mol. The smallest absolute Gasteiger partial charge is 0.166 e. The van der Waals surface area contributed by atoms with Crippen LogP contribution in [0.1, 0.15) is 18.6 Å². The fourth-order valence-corrected chi connectivity index (χ4v) is 2.84. The molecule has 0 unspecified atom stereocenters. The number of hydrogen-bond donors (Lipinski definition) is 1. The van der Waals surface area contributed by atoms with Gasteiger partial charge in [0.15, 0.2) is 11.6 Å². The fourth-order valence-electron chi connectivity index (χ4n) is 1.61. The Morgan fingerprint density at radius 2 is 2.16 bits per heavy atom. The minimum Gasteiger partial charge on any atom is -0.482 e. The third-order valence-corrected chi connectivity index (χ3v) is 3.92. The molecule has 0 saturated heterocycles. The Kier molecular flexibility index (Phi) is 4.62. The standard InChI is InChI=1S/C13H11BrFIN2O/c1-7(10-3-2-9(15)5-11(10)16)19-12-4-8(14)6-18-13(12)17/h2-7H,1H3,(H2,17,18)/t7-/m1/s1. The van der Waals surface area contributed by atoms with Crippen LogP contribution in [0.3, 0.4) is 0 Å². The van der Waals surface area contributed by atoms with Gasteiger partial charge in [0.1, 0.15) is 11.9 Å². The number of aromatic nitrogens is 1. The van der Waals surface area contributed by atoms with Crippen LogP contribution in [0.5, 0.6) is 5.75 Å². The second kappa shape index (κ2) is 6.04. The van der Waals surface area contributed by atoms with Crippen LogP contribution >= 0.6 is 38.5 Å². The lowest BCUT2D eigenvalue weighted by molar-refractivity contribution is 0.226. The van der Waals surface area contributed by atoms with Crippen LogP contribution in [0, 0.1) is 9.39 Å². The van der Waals surface area contributed by atoms with Crippen LogP contribution in [0.4, 0.5) is 10.2 Å². The first-order chi connectivity index (χ1) is 8.97. The molecule has 1 heterocycles. The van der Waals surface area contributed by atoms with Gasteiger partial charge in [-0.3, -0.25) is 0 Å². The van der Waals surface area contributed by atoms with Gasteiger partial charge in [0, 0.05) is 19.8 Å². The van der Waals surface area contributed by atoms with Crippen molar-refractivity contribution in [3.8, 4) is 5.75 Å². The molecule has 19 heavy (non-hydrogen) atoms. The Labute approximate surface area is 132 Å². The summed E-state index contributed by atoms with van der Waals surface area (Å²) in [5.74, 6) is 0.568. The van der Waals surface area contributed by atoms with Gasteiger partial charge in [-0.25, -0.2) is 9.37 Å². The highest BCUT2D eigenvalue weighted by Gasteiger charge is 2.14. The van der Waals surface area contributed by atoms with Crippen LogP contribution in [0.2, 0.25) is 0 Å². The predicted octanol–water partition coefficient (Wildman–Crippen LogP) is 4.31. The zero-order valence-electron chi connectivity index (χ0n) is 10.0.